The van der Waals surface area contributed by atoms with Crippen LogP contribution in [0.25, 0.3) is 33.0 Å². The summed E-state index contributed by atoms with van der Waals surface area (Å²) in [5.41, 5.74) is 3.17. The molecule has 0 fully saturated rings. The number of aliphatic hydroxyl groups excluding tert-OH is 1. The van der Waals surface area contributed by atoms with Crippen LogP contribution in [0.5, 0.6) is 0 Å². The van der Waals surface area contributed by atoms with E-state index in [1.807, 2.05) is 67.1 Å². The summed E-state index contributed by atoms with van der Waals surface area (Å²) in [4.78, 5) is 28.0. The minimum absolute atomic E-state index is 0.203. The number of nitrogens with one attached hydrogen (secondary N) is 1. The maximum absolute atomic E-state index is 13.1. The van der Waals surface area contributed by atoms with Gasteiger partial charge in [-0.3, -0.25) is 19.6 Å². The van der Waals surface area contributed by atoms with Crippen LogP contribution in [-0.2, 0) is 23.2 Å². The molecule has 1 aliphatic heterocycles. The average molecular weight is 478 g/mol. The number of nitrogens with zero attached hydrogens (tertiary/aromatic N) is 4. The van der Waals surface area contributed by atoms with Gasteiger partial charge in [-0.25, -0.2) is 0 Å². The molecule has 8 nitrogen and oxygen atoms in total. The maximum Gasteiger partial charge on any atom is 0.261 e. The van der Waals surface area contributed by atoms with Gasteiger partial charge in [-0.1, -0.05) is 29.8 Å². The lowest BCUT2D eigenvalue weighted by Crippen LogP contribution is -2.29. The normalized spacial score (nSPS) is 15.2. The number of halogens is 1. The minimum atomic E-state index is -0.674. The third kappa shape index (κ3) is 3.69. The van der Waals surface area contributed by atoms with Crippen LogP contribution >= 0.6 is 11.6 Å². The monoisotopic (exact) mass is 477 g/mol. The third-order valence-electron chi connectivity index (χ3n) is 6.01. The number of fused-ring (bicyclic) bond motifs is 2. The Labute approximate surface area is 201 Å². The van der Waals surface area contributed by atoms with Gasteiger partial charge in [-0.2, -0.15) is 5.10 Å². The van der Waals surface area contributed by atoms with Crippen molar-refractivity contribution in [2.75, 3.05) is 20.6 Å². The number of para-hydroxylation sites is 1. The first kappa shape index (κ1) is 22.3. The van der Waals surface area contributed by atoms with Crippen molar-refractivity contribution in [1.82, 2.24) is 24.6 Å². The van der Waals surface area contributed by atoms with E-state index in [1.54, 1.807) is 16.8 Å². The topological polar surface area (TPSA) is 92.4 Å². The molecule has 174 valence electrons. The number of aryl methyl sites for hydroxylation is 1. The summed E-state index contributed by atoms with van der Waals surface area (Å²) in [5.74, 6) is -0.970. The Hall–Kier alpha value is -3.46. The van der Waals surface area contributed by atoms with Crippen molar-refractivity contribution in [3.8, 4) is 0 Å². The van der Waals surface area contributed by atoms with Crippen molar-refractivity contribution in [2.45, 2.75) is 12.6 Å². The van der Waals surface area contributed by atoms with Gasteiger partial charge in [0.25, 0.3) is 11.8 Å². The molecule has 0 radical (unpaired) electrons. The van der Waals surface area contributed by atoms with Gasteiger partial charge in [0.2, 0.25) is 0 Å². The van der Waals surface area contributed by atoms with E-state index in [9.17, 15) is 14.7 Å². The SMILES string of the molecule is CN(C)CC(O)Cn1nc(C2=C(c3cn(C)c4ccccc34)C(=O)NC2=O)c2cc(Cl)ccc21. The van der Waals surface area contributed by atoms with E-state index in [1.165, 1.54) is 0 Å². The zero-order valence-corrected chi connectivity index (χ0v) is 19.8. The molecule has 0 aliphatic carbocycles. The second-order valence-corrected chi connectivity index (χ2v) is 9.25. The molecule has 0 saturated carbocycles. The quantitative estimate of drug-likeness (QED) is 0.416. The molecule has 2 amide bonds. The van der Waals surface area contributed by atoms with Gasteiger partial charge in [0.1, 0.15) is 5.69 Å². The van der Waals surface area contributed by atoms with Crippen molar-refractivity contribution in [3.63, 3.8) is 0 Å². The molecule has 5 rings (SSSR count). The molecule has 1 aliphatic rings. The molecule has 0 spiro atoms. The van der Waals surface area contributed by atoms with Crippen LogP contribution in [-0.4, -0.2) is 62.9 Å². The van der Waals surface area contributed by atoms with E-state index < -0.39 is 17.9 Å². The second kappa shape index (κ2) is 8.39. The van der Waals surface area contributed by atoms with Gasteiger partial charge in [0.15, 0.2) is 0 Å². The van der Waals surface area contributed by atoms with Gasteiger partial charge in [0, 0.05) is 46.7 Å². The lowest BCUT2D eigenvalue weighted by Gasteiger charge is -2.16. The number of hydrogen-bond donors (Lipinski definition) is 2. The zero-order valence-electron chi connectivity index (χ0n) is 19.0. The summed E-state index contributed by atoms with van der Waals surface area (Å²) < 4.78 is 3.59. The van der Waals surface area contributed by atoms with Gasteiger partial charge >= 0.3 is 0 Å². The zero-order chi connectivity index (χ0) is 24.1. The lowest BCUT2D eigenvalue weighted by atomic mass is 9.97. The van der Waals surface area contributed by atoms with Crippen LogP contribution in [0.1, 0.15) is 11.3 Å². The van der Waals surface area contributed by atoms with Crippen LogP contribution in [0.3, 0.4) is 0 Å². The summed E-state index contributed by atoms with van der Waals surface area (Å²) in [6.45, 7) is 0.677. The Morgan fingerprint density at radius 2 is 1.79 bits per heavy atom. The number of aliphatic hydroxyl groups is 1. The number of amides is 2. The Morgan fingerprint density at radius 1 is 1.06 bits per heavy atom. The summed E-state index contributed by atoms with van der Waals surface area (Å²) >= 11 is 6.30. The van der Waals surface area contributed by atoms with Crippen LogP contribution in [0.2, 0.25) is 5.02 Å². The summed E-state index contributed by atoms with van der Waals surface area (Å²) in [5, 5.41) is 19.7. The van der Waals surface area contributed by atoms with E-state index in [-0.39, 0.29) is 17.7 Å². The Bertz CT molecular complexity index is 1500. The molecule has 0 bridgehead atoms. The van der Waals surface area contributed by atoms with E-state index >= 15 is 0 Å². The highest BCUT2D eigenvalue weighted by Crippen LogP contribution is 2.38. The first-order valence-corrected chi connectivity index (χ1v) is 11.3. The predicted octanol–water partition coefficient (Wildman–Crippen LogP) is 2.67. The average Bonchev–Trinajstić information content (AvgIpc) is 3.38. The van der Waals surface area contributed by atoms with Gasteiger partial charge in [-0.05, 0) is 38.4 Å². The molecule has 34 heavy (non-hydrogen) atoms. The maximum atomic E-state index is 13.1. The van der Waals surface area contributed by atoms with Gasteiger partial charge in [-0.15, -0.1) is 0 Å². The Morgan fingerprint density at radius 3 is 2.56 bits per heavy atom. The number of rotatable bonds is 6. The number of carbonyl (C=O) groups is 2. The molecule has 1 atom stereocenters. The fourth-order valence-corrected chi connectivity index (χ4v) is 4.81. The molecular weight excluding hydrogens is 454 g/mol. The van der Waals surface area contributed by atoms with Crippen molar-refractivity contribution >= 4 is 56.4 Å². The van der Waals surface area contributed by atoms with Crippen LogP contribution in [0.15, 0.2) is 48.7 Å². The molecule has 3 heterocycles. The second-order valence-electron chi connectivity index (χ2n) is 8.81. The van der Waals surface area contributed by atoms with Crippen LogP contribution in [0, 0.1) is 0 Å². The molecule has 0 saturated heterocycles. The molecule has 9 heteroatoms. The number of benzene rings is 2. The van der Waals surface area contributed by atoms with Crippen LogP contribution in [0.4, 0.5) is 0 Å². The Balaban J connectivity index is 1.75. The van der Waals surface area contributed by atoms with E-state index in [2.05, 4.69) is 5.32 Å². The number of imide groups is 1. The van der Waals surface area contributed by atoms with E-state index in [0.717, 1.165) is 10.9 Å². The van der Waals surface area contributed by atoms with Crippen LogP contribution < -0.4 is 5.32 Å². The molecule has 4 aromatic rings. The van der Waals surface area contributed by atoms with Crippen molar-refractivity contribution in [1.29, 1.82) is 0 Å². The summed E-state index contributed by atoms with van der Waals surface area (Å²) in [6.07, 6.45) is 1.18. The highest BCUT2D eigenvalue weighted by molar-refractivity contribution is 6.50. The third-order valence-corrected chi connectivity index (χ3v) is 6.24. The number of carbonyl (C=O) groups excluding carboxylic acids is 2. The minimum Gasteiger partial charge on any atom is -0.390 e. The van der Waals surface area contributed by atoms with Crippen molar-refractivity contribution < 1.29 is 14.7 Å². The first-order valence-electron chi connectivity index (χ1n) is 10.9. The number of aromatic nitrogens is 3. The number of likely N-dealkylation sites (N-methyl/N-ethyl adjacent to an activating group) is 1. The molecule has 2 aromatic carbocycles. The predicted molar refractivity (Wildman–Crippen MR) is 132 cm³/mol. The standard InChI is InChI=1S/C25H24ClN5O3/c1-29(2)11-15(32)12-31-20-9-8-14(26)10-17(20)23(28-31)22-21(24(33)27-25(22)34)18-13-30(3)19-7-5-4-6-16(18)19/h4-10,13,15,32H,11-12H2,1-3H3,(H,27,33,34). The summed E-state index contributed by atoms with van der Waals surface area (Å²) in [7, 11) is 5.66. The largest absolute Gasteiger partial charge is 0.390 e. The Kier molecular flexibility index (Phi) is 5.51. The molecular formula is C25H24ClN5O3. The fraction of sp³-hybridized carbons (Fsp3) is 0.240. The molecule has 1 unspecified atom stereocenters. The van der Waals surface area contributed by atoms with Gasteiger partial charge in [0.05, 0.1) is 29.3 Å². The lowest BCUT2D eigenvalue weighted by molar-refractivity contribution is -0.122. The molecule has 2 aromatic heterocycles. The molecule has 2 N–H and O–H groups in total. The smallest absolute Gasteiger partial charge is 0.261 e. The first-order chi connectivity index (χ1) is 16.2. The van der Waals surface area contributed by atoms with Crippen molar-refractivity contribution in [3.05, 3.63) is 64.9 Å². The van der Waals surface area contributed by atoms with E-state index in [4.69, 9.17) is 16.7 Å². The van der Waals surface area contributed by atoms with Crippen molar-refractivity contribution in [2.24, 2.45) is 7.05 Å². The highest BCUT2D eigenvalue weighted by atomic mass is 35.5. The van der Waals surface area contributed by atoms with Gasteiger partial charge < -0.3 is 14.6 Å². The number of hydrogen-bond acceptors (Lipinski definition) is 5. The highest BCUT2D eigenvalue weighted by Gasteiger charge is 2.36. The fourth-order valence-electron chi connectivity index (χ4n) is 4.63. The van der Waals surface area contributed by atoms with E-state index in [0.29, 0.717) is 33.7 Å². The summed E-state index contributed by atoms with van der Waals surface area (Å²) in [6, 6.07) is 13.0.